The molecule has 13 heavy (non-hydrogen) atoms. The maximum absolute atomic E-state index is 10.9. The van der Waals surface area contributed by atoms with E-state index < -0.39 is 0 Å². The van der Waals surface area contributed by atoms with Gasteiger partial charge < -0.3 is 10.1 Å². The number of carbonyl (C=O) groups is 2. The van der Waals surface area contributed by atoms with E-state index in [1.165, 1.54) is 0 Å². The summed E-state index contributed by atoms with van der Waals surface area (Å²) in [5.41, 5.74) is 0. The van der Waals surface area contributed by atoms with E-state index in [9.17, 15) is 9.59 Å². The lowest BCUT2D eigenvalue weighted by Gasteiger charge is -2.04. The van der Waals surface area contributed by atoms with Crippen molar-refractivity contribution in [1.82, 2.24) is 10.6 Å². The van der Waals surface area contributed by atoms with Crippen LogP contribution in [0.1, 0.15) is 13.8 Å². The van der Waals surface area contributed by atoms with Crippen LogP contribution in [-0.4, -0.2) is 38.1 Å². The minimum Gasteiger partial charge on any atom is -0.465 e. The quantitative estimate of drug-likeness (QED) is 0.540. The molecule has 0 aromatic rings. The number of esters is 1. The third kappa shape index (κ3) is 7.27. The summed E-state index contributed by atoms with van der Waals surface area (Å²) in [7, 11) is 0. The molecule has 0 aliphatic carbocycles. The Morgan fingerprint density at radius 1 is 1.23 bits per heavy atom. The minimum absolute atomic E-state index is 0.0744. The van der Waals surface area contributed by atoms with Gasteiger partial charge in [0.2, 0.25) is 5.91 Å². The van der Waals surface area contributed by atoms with Crippen LogP contribution in [0.2, 0.25) is 0 Å². The van der Waals surface area contributed by atoms with E-state index >= 15 is 0 Å². The number of likely N-dealkylation sites (N-methyl/N-ethyl adjacent to an activating group) is 1. The molecule has 76 valence electrons. The first-order valence-electron chi connectivity index (χ1n) is 4.33. The van der Waals surface area contributed by atoms with Gasteiger partial charge in [-0.2, -0.15) is 0 Å². The molecular formula is C8H16N2O3. The number of amides is 1. The lowest BCUT2D eigenvalue weighted by molar-refractivity contribution is -0.142. The van der Waals surface area contributed by atoms with Crippen molar-refractivity contribution in [2.75, 3.05) is 26.2 Å². The fourth-order valence-corrected chi connectivity index (χ4v) is 0.750. The lowest BCUT2D eigenvalue weighted by atomic mass is 10.5. The van der Waals surface area contributed by atoms with E-state index in [1.54, 1.807) is 6.92 Å². The van der Waals surface area contributed by atoms with E-state index in [4.69, 9.17) is 0 Å². The molecule has 0 aliphatic heterocycles. The molecule has 2 N–H and O–H groups in total. The zero-order valence-corrected chi connectivity index (χ0v) is 8.05. The van der Waals surface area contributed by atoms with Crippen molar-refractivity contribution in [1.29, 1.82) is 0 Å². The standard InChI is InChI=1S/C8H16N2O3/c1-3-10-7(11)5-9-6-8(12)13-4-2/h9H,3-6H2,1-2H3,(H,10,11). The van der Waals surface area contributed by atoms with Crippen LogP contribution >= 0.6 is 0 Å². The number of rotatable bonds is 6. The van der Waals surface area contributed by atoms with Crippen LogP contribution in [0.15, 0.2) is 0 Å². The van der Waals surface area contributed by atoms with Crippen LogP contribution in [-0.2, 0) is 14.3 Å². The largest absolute Gasteiger partial charge is 0.465 e. The van der Waals surface area contributed by atoms with E-state index in [0.717, 1.165) is 0 Å². The average Bonchev–Trinajstić information content (AvgIpc) is 2.05. The van der Waals surface area contributed by atoms with Crippen molar-refractivity contribution in [3.8, 4) is 0 Å². The predicted molar refractivity (Wildman–Crippen MR) is 48.2 cm³/mol. The molecule has 0 radical (unpaired) electrons. The van der Waals surface area contributed by atoms with Gasteiger partial charge in [-0.05, 0) is 13.8 Å². The fraction of sp³-hybridized carbons (Fsp3) is 0.750. The number of ether oxygens (including phenoxy) is 1. The number of nitrogens with one attached hydrogen (secondary N) is 2. The first kappa shape index (κ1) is 11.9. The summed E-state index contributed by atoms with van der Waals surface area (Å²) in [4.78, 5) is 21.6. The van der Waals surface area contributed by atoms with Crippen LogP contribution in [0.3, 0.4) is 0 Å². The van der Waals surface area contributed by atoms with Crippen LogP contribution in [0, 0.1) is 0 Å². The summed E-state index contributed by atoms with van der Waals surface area (Å²) in [6.07, 6.45) is 0. The van der Waals surface area contributed by atoms with Crippen molar-refractivity contribution < 1.29 is 14.3 Å². The van der Waals surface area contributed by atoms with Gasteiger partial charge in [-0.3, -0.25) is 14.9 Å². The highest BCUT2D eigenvalue weighted by atomic mass is 16.5. The molecule has 0 heterocycles. The van der Waals surface area contributed by atoms with E-state index in [-0.39, 0.29) is 25.0 Å². The van der Waals surface area contributed by atoms with E-state index in [2.05, 4.69) is 15.4 Å². The monoisotopic (exact) mass is 188 g/mol. The van der Waals surface area contributed by atoms with Gasteiger partial charge in [0, 0.05) is 6.54 Å². The molecule has 0 saturated carbocycles. The van der Waals surface area contributed by atoms with Gasteiger partial charge in [0.15, 0.2) is 0 Å². The van der Waals surface area contributed by atoms with Gasteiger partial charge in [0.1, 0.15) is 0 Å². The normalized spacial score (nSPS) is 9.38. The molecule has 5 nitrogen and oxygen atoms in total. The Labute approximate surface area is 77.8 Å². The summed E-state index contributed by atoms with van der Waals surface area (Å²) in [5.74, 6) is -0.460. The molecule has 0 aromatic heterocycles. The van der Waals surface area contributed by atoms with Crippen LogP contribution in [0.25, 0.3) is 0 Å². The highest BCUT2D eigenvalue weighted by molar-refractivity contribution is 5.79. The zero-order valence-electron chi connectivity index (χ0n) is 8.05. The summed E-state index contributed by atoms with van der Waals surface area (Å²) in [6.45, 7) is 4.75. The third-order valence-electron chi connectivity index (χ3n) is 1.23. The van der Waals surface area contributed by atoms with Crippen molar-refractivity contribution in [2.24, 2.45) is 0 Å². The Morgan fingerprint density at radius 3 is 2.46 bits per heavy atom. The number of hydrogen-bond donors (Lipinski definition) is 2. The number of carbonyl (C=O) groups excluding carboxylic acids is 2. The molecule has 0 aromatic carbocycles. The van der Waals surface area contributed by atoms with E-state index in [0.29, 0.717) is 13.2 Å². The SMILES string of the molecule is CCNC(=O)CNCC(=O)OCC. The van der Waals surface area contributed by atoms with Crippen molar-refractivity contribution in [2.45, 2.75) is 13.8 Å². The lowest BCUT2D eigenvalue weighted by Crippen LogP contribution is -2.36. The van der Waals surface area contributed by atoms with Crippen molar-refractivity contribution in [3.05, 3.63) is 0 Å². The van der Waals surface area contributed by atoms with Gasteiger partial charge >= 0.3 is 5.97 Å². The molecule has 0 rings (SSSR count). The smallest absolute Gasteiger partial charge is 0.319 e. The average molecular weight is 188 g/mol. The van der Waals surface area contributed by atoms with Crippen LogP contribution in [0.5, 0.6) is 0 Å². The molecule has 0 spiro atoms. The predicted octanol–water partition coefficient (Wildman–Crippen LogP) is -0.725. The summed E-state index contributed by atoms with van der Waals surface area (Å²) >= 11 is 0. The Hall–Kier alpha value is -1.10. The Kier molecular flexibility index (Phi) is 6.91. The molecule has 5 heteroatoms. The molecule has 0 atom stereocenters. The highest BCUT2D eigenvalue weighted by Crippen LogP contribution is 1.74. The van der Waals surface area contributed by atoms with Crippen LogP contribution < -0.4 is 10.6 Å². The molecule has 0 bridgehead atoms. The molecule has 0 aliphatic rings. The molecule has 0 fully saturated rings. The van der Waals surface area contributed by atoms with Gasteiger partial charge in [-0.25, -0.2) is 0 Å². The van der Waals surface area contributed by atoms with Gasteiger partial charge in [0.05, 0.1) is 19.7 Å². The number of hydrogen-bond acceptors (Lipinski definition) is 4. The second-order valence-corrected chi connectivity index (χ2v) is 2.36. The van der Waals surface area contributed by atoms with Crippen molar-refractivity contribution in [3.63, 3.8) is 0 Å². The Morgan fingerprint density at radius 2 is 1.92 bits per heavy atom. The second-order valence-electron chi connectivity index (χ2n) is 2.36. The topological polar surface area (TPSA) is 67.4 Å². The first-order valence-corrected chi connectivity index (χ1v) is 4.33. The summed E-state index contributed by atoms with van der Waals surface area (Å²) < 4.78 is 4.65. The maximum atomic E-state index is 10.9. The van der Waals surface area contributed by atoms with Gasteiger partial charge in [-0.15, -0.1) is 0 Å². The third-order valence-corrected chi connectivity index (χ3v) is 1.23. The van der Waals surface area contributed by atoms with Crippen molar-refractivity contribution >= 4 is 11.9 Å². The Balaban J connectivity index is 3.33. The molecule has 0 saturated heterocycles. The molecular weight excluding hydrogens is 172 g/mol. The minimum atomic E-state index is -0.341. The summed E-state index contributed by atoms with van der Waals surface area (Å²) in [6, 6.07) is 0. The van der Waals surface area contributed by atoms with Gasteiger partial charge in [-0.1, -0.05) is 0 Å². The van der Waals surface area contributed by atoms with E-state index in [1.807, 2.05) is 6.92 Å². The Bertz CT molecular complexity index is 153. The zero-order chi connectivity index (χ0) is 10.1. The maximum Gasteiger partial charge on any atom is 0.319 e. The molecule has 0 unspecified atom stereocenters. The second kappa shape index (κ2) is 7.54. The van der Waals surface area contributed by atoms with Gasteiger partial charge in [0.25, 0.3) is 0 Å². The first-order chi connectivity index (χ1) is 6.20. The fourth-order valence-electron chi connectivity index (χ4n) is 0.750. The summed E-state index contributed by atoms with van der Waals surface area (Å²) in [5, 5.41) is 5.27. The van der Waals surface area contributed by atoms with Crippen LogP contribution in [0.4, 0.5) is 0 Å². The highest BCUT2D eigenvalue weighted by Gasteiger charge is 2.02. The molecule has 1 amide bonds.